The Morgan fingerprint density at radius 1 is 1.62 bits per heavy atom. The molecule has 1 aromatic rings. The van der Waals surface area contributed by atoms with Crippen LogP contribution in [0.25, 0.3) is 0 Å². The van der Waals surface area contributed by atoms with Gasteiger partial charge in [-0.1, -0.05) is 6.92 Å². The number of nitrogens with zero attached hydrogens (tertiary/aromatic N) is 2. The van der Waals surface area contributed by atoms with Gasteiger partial charge in [-0.3, -0.25) is 4.68 Å². The first-order valence-electron chi connectivity index (χ1n) is 4.10. The van der Waals surface area contributed by atoms with E-state index in [0.717, 1.165) is 12.1 Å². The van der Waals surface area contributed by atoms with Crippen LogP contribution in [0, 0.1) is 0 Å². The summed E-state index contributed by atoms with van der Waals surface area (Å²) in [6, 6.07) is 0. The molecule has 0 aromatic carbocycles. The van der Waals surface area contributed by atoms with Crippen molar-refractivity contribution in [1.29, 1.82) is 0 Å². The minimum atomic E-state index is -0.944. The Kier molecular flexibility index (Phi) is 3.08. The zero-order chi connectivity index (χ0) is 10.0. The molecule has 0 radical (unpaired) electrons. The highest BCUT2D eigenvalue weighted by atomic mass is 79.9. The molecule has 1 heterocycles. The molecule has 0 saturated heterocycles. The number of hydrogen-bond donors (Lipinski definition) is 1. The van der Waals surface area contributed by atoms with Gasteiger partial charge in [0.25, 0.3) is 0 Å². The van der Waals surface area contributed by atoms with E-state index in [1.54, 1.807) is 0 Å². The maximum absolute atomic E-state index is 10.8. The van der Waals surface area contributed by atoms with E-state index < -0.39 is 5.97 Å². The van der Waals surface area contributed by atoms with Gasteiger partial charge in [0.15, 0.2) is 5.69 Å². The van der Waals surface area contributed by atoms with E-state index in [1.807, 2.05) is 13.8 Å². The third-order valence-electron chi connectivity index (χ3n) is 1.80. The highest BCUT2D eigenvalue weighted by molar-refractivity contribution is 9.10. The Morgan fingerprint density at radius 2 is 2.23 bits per heavy atom. The molecule has 0 unspecified atom stereocenters. The molecule has 0 amide bonds. The van der Waals surface area contributed by atoms with Crippen LogP contribution in [0.2, 0.25) is 0 Å². The Bertz CT molecular complexity index is 333. The lowest BCUT2D eigenvalue weighted by atomic mass is 10.3. The summed E-state index contributed by atoms with van der Waals surface area (Å²) in [6.45, 7) is 4.38. The zero-order valence-electron chi connectivity index (χ0n) is 7.54. The largest absolute Gasteiger partial charge is 0.476 e. The van der Waals surface area contributed by atoms with Crippen molar-refractivity contribution >= 4 is 21.9 Å². The quantitative estimate of drug-likeness (QED) is 0.887. The molecular formula is C8H11BrN2O2. The predicted molar refractivity (Wildman–Crippen MR) is 51.9 cm³/mol. The van der Waals surface area contributed by atoms with Gasteiger partial charge in [0.1, 0.15) is 0 Å². The van der Waals surface area contributed by atoms with Crippen LogP contribution < -0.4 is 0 Å². The van der Waals surface area contributed by atoms with Crippen molar-refractivity contribution in [1.82, 2.24) is 9.78 Å². The summed E-state index contributed by atoms with van der Waals surface area (Å²) in [7, 11) is 0. The molecule has 0 fully saturated rings. The predicted octanol–water partition coefficient (Wildman–Crippen LogP) is 1.93. The summed E-state index contributed by atoms with van der Waals surface area (Å²) in [6.07, 6.45) is 0.730. The molecule has 0 atom stereocenters. The first-order chi connectivity index (χ1) is 6.11. The molecule has 1 aromatic heterocycles. The lowest BCUT2D eigenvalue weighted by Gasteiger charge is -1.98. The van der Waals surface area contributed by atoms with Crippen LogP contribution in [0.5, 0.6) is 0 Å². The van der Waals surface area contributed by atoms with Gasteiger partial charge in [0, 0.05) is 6.54 Å². The highest BCUT2D eigenvalue weighted by Crippen LogP contribution is 2.21. The summed E-state index contributed by atoms with van der Waals surface area (Å²) >= 11 is 3.24. The van der Waals surface area contributed by atoms with Gasteiger partial charge in [0.05, 0.1) is 10.2 Å². The van der Waals surface area contributed by atoms with E-state index in [0.29, 0.717) is 11.0 Å². The molecule has 1 N–H and O–H groups in total. The van der Waals surface area contributed by atoms with E-state index in [1.165, 1.54) is 4.68 Å². The highest BCUT2D eigenvalue weighted by Gasteiger charge is 2.19. The minimum Gasteiger partial charge on any atom is -0.476 e. The molecule has 0 spiro atoms. The average molecular weight is 247 g/mol. The number of halogens is 1. The number of hydrogen-bond acceptors (Lipinski definition) is 2. The SMILES string of the molecule is CCc1nn(CC)c(C(=O)O)c1Br. The Balaban J connectivity index is 3.28. The van der Waals surface area contributed by atoms with Gasteiger partial charge >= 0.3 is 5.97 Å². The second-order valence-corrected chi connectivity index (χ2v) is 3.38. The zero-order valence-corrected chi connectivity index (χ0v) is 9.13. The van der Waals surface area contributed by atoms with Crippen LogP contribution in [-0.2, 0) is 13.0 Å². The monoisotopic (exact) mass is 246 g/mol. The summed E-state index contributed by atoms with van der Waals surface area (Å²) in [4.78, 5) is 10.8. The number of carboxylic acids is 1. The molecule has 1 rings (SSSR count). The van der Waals surface area contributed by atoms with Gasteiger partial charge < -0.3 is 5.11 Å². The van der Waals surface area contributed by atoms with Crippen molar-refractivity contribution < 1.29 is 9.90 Å². The normalized spacial score (nSPS) is 10.4. The summed E-state index contributed by atoms with van der Waals surface area (Å²) in [5.41, 5.74) is 1.03. The lowest BCUT2D eigenvalue weighted by Crippen LogP contribution is -2.08. The molecule has 0 aliphatic heterocycles. The van der Waals surface area contributed by atoms with Crippen LogP contribution in [-0.4, -0.2) is 20.9 Å². The maximum atomic E-state index is 10.8. The van der Waals surface area contributed by atoms with E-state index in [9.17, 15) is 4.79 Å². The molecule has 4 nitrogen and oxygen atoms in total. The van der Waals surface area contributed by atoms with Crippen molar-refractivity contribution in [2.75, 3.05) is 0 Å². The van der Waals surface area contributed by atoms with Crippen molar-refractivity contribution in [2.45, 2.75) is 26.8 Å². The topological polar surface area (TPSA) is 55.1 Å². The molecule has 0 bridgehead atoms. The molecule has 72 valence electrons. The molecule has 5 heteroatoms. The third kappa shape index (κ3) is 1.75. The van der Waals surface area contributed by atoms with Gasteiger partial charge in [-0.25, -0.2) is 4.79 Å². The summed E-state index contributed by atoms with van der Waals surface area (Å²) in [5, 5.41) is 13.1. The second kappa shape index (κ2) is 3.91. The van der Waals surface area contributed by atoms with E-state index in [4.69, 9.17) is 5.11 Å². The van der Waals surface area contributed by atoms with Gasteiger partial charge in [-0.15, -0.1) is 0 Å². The molecule has 13 heavy (non-hydrogen) atoms. The third-order valence-corrected chi connectivity index (χ3v) is 2.63. The van der Waals surface area contributed by atoms with E-state index in [2.05, 4.69) is 21.0 Å². The molecule has 0 saturated carbocycles. The van der Waals surface area contributed by atoms with Crippen molar-refractivity contribution in [2.24, 2.45) is 0 Å². The lowest BCUT2D eigenvalue weighted by molar-refractivity contribution is 0.0682. The molecule has 0 aliphatic carbocycles. The van der Waals surface area contributed by atoms with Crippen LogP contribution in [0.3, 0.4) is 0 Å². The van der Waals surface area contributed by atoms with Crippen molar-refractivity contribution in [3.63, 3.8) is 0 Å². The van der Waals surface area contributed by atoms with Crippen LogP contribution in [0.4, 0.5) is 0 Å². The Labute approximate surface area is 84.7 Å². The van der Waals surface area contributed by atoms with Gasteiger partial charge in [0.2, 0.25) is 0 Å². The fourth-order valence-corrected chi connectivity index (χ4v) is 1.88. The van der Waals surface area contributed by atoms with Gasteiger partial charge in [-0.05, 0) is 29.3 Å². The Morgan fingerprint density at radius 3 is 2.54 bits per heavy atom. The second-order valence-electron chi connectivity index (χ2n) is 2.58. The first kappa shape index (κ1) is 10.2. The van der Waals surface area contributed by atoms with Gasteiger partial charge in [-0.2, -0.15) is 5.10 Å². The average Bonchev–Trinajstić information content (AvgIpc) is 2.41. The molecular weight excluding hydrogens is 236 g/mol. The number of aromatic carboxylic acids is 1. The number of aryl methyl sites for hydroxylation is 2. The molecule has 0 aliphatic rings. The van der Waals surface area contributed by atoms with Crippen molar-refractivity contribution in [3.05, 3.63) is 15.9 Å². The number of carbonyl (C=O) groups is 1. The number of carboxylic acid groups (broad SMARTS) is 1. The summed E-state index contributed by atoms with van der Waals surface area (Å²) in [5.74, 6) is -0.944. The van der Waals surface area contributed by atoms with E-state index in [-0.39, 0.29) is 5.69 Å². The van der Waals surface area contributed by atoms with Crippen LogP contribution in [0.15, 0.2) is 4.47 Å². The standard InChI is InChI=1S/C8H11BrN2O2/c1-3-5-6(9)7(8(12)13)11(4-2)10-5/h3-4H2,1-2H3,(H,12,13). The first-order valence-corrected chi connectivity index (χ1v) is 4.89. The minimum absolute atomic E-state index is 0.236. The number of aromatic nitrogens is 2. The van der Waals surface area contributed by atoms with E-state index >= 15 is 0 Å². The van der Waals surface area contributed by atoms with Crippen LogP contribution >= 0.6 is 15.9 Å². The fourth-order valence-electron chi connectivity index (χ4n) is 1.15. The fraction of sp³-hybridized carbons (Fsp3) is 0.500. The maximum Gasteiger partial charge on any atom is 0.355 e. The van der Waals surface area contributed by atoms with Crippen molar-refractivity contribution in [3.8, 4) is 0 Å². The van der Waals surface area contributed by atoms with Crippen LogP contribution in [0.1, 0.15) is 30.0 Å². The number of rotatable bonds is 3. The Hall–Kier alpha value is -0.840. The smallest absolute Gasteiger partial charge is 0.355 e. The summed E-state index contributed by atoms with van der Waals surface area (Å²) < 4.78 is 2.09.